The Labute approximate surface area is 155 Å². The van der Waals surface area contributed by atoms with Crippen LogP contribution in [0.2, 0.25) is 0 Å². The van der Waals surface area contributed by atoms with E-state index in [2.05, 4.69) is 17.6 Å². The van der Waals surface area contributed by atoms with Gasteiger partial charge < -0.3 is 10.6 Å². The summed E-state index contributed by atoms with van der Waals surface area (Å²) >= 11 is 0. The topological polar surface area (TPSA) is 84.3 Å². The zero-order valence-corrected chi connectivity index (χ0v) is 16.2. The molecule has 0 radical (unpaired) electrons. The predicted molar refractivity (Wildman–Crippen MR) is 102 cm³/mol. The molecule has 1 aliphatic heterocycles. The van der Waals surface area contributed by atoms with Crippen LogP contribution < -0.4 is 10.6 Å². The maximum atomic E-state index is 12.4. The van der Waals surface area contributed by atoms with E-state index in [1.165, 1.54) is 6.07 Å². The number of hydrogen-bond acceptors (Lipinski definition) is 4. The normalized spacial score (nSPS) is 16.6. The molecule has 140 valence electrons. The van der Waals surface area contributed by atoms with Crippen LogP contribution in [0.4, 0.5) is 5.69 Å². The second-order valence-corrected chi connectivity index (χ2v) is 7.98. The molecule has 1 aromatic rings. The average Bonchev–Trinajstić information content (AvgIpc) is 2.52. The van der Waals surface area contributed by atoms with Crippen molar-refractivity contribution in [2.24, 2.45) is 5.41 Å². The Hall–Kier alpha value is -1.66. The van der Waals surface area contributed by atoms with Gasteiger partial charge in [-0.3, -0.25) is 14.9 Å². The Kier molecular flexibility index (Phi) is 6.97. The number of nitrogens with one attached hydrogen (secondary N) is 2. The van der Waals surface area contributed by atoms with E-state index in [9.17, 15) is 14.9 Å². The molecule has 1 amide bonds. The van der Waals surface area contributed by atoms with Gasteiger partial charge in [-0.15, -0.1) is 12.4 Å². The number of nitrogens with zero attached hydrogens (tertiary/aromatic N) is 1. The second-order valence-electron chi connectivity index (χ2n) is 7.98. The van der Waals surface area contributed by atoms with Crippen LogP contribution in [-0.4, -0.2) is 30.5 Å². The lowest BCUT2D eigenvalue weighted by Gasteiger charge is -2.34. The molecule has 1 fully saturated rings. The molecule has 0 aliphatic carbocycles. The summed E-state index contributed by atoms with van der Waals surface area (Å²) in [6, 6.07) is 4.76. The highest BCUT2D eigenvalue weighted by molar-refractivity contribution is 5.95. The molecule has 0 atom stereocenters. The molecule has 1 saturated heterocycles. The van der Waals surface area contributed by atoms with Crippen molar-refractivity contribution < 1.29 is 9.72 Å². The van der Waals surface area contributed by atoms with E-state index >= 15 is 0 Å². The molecular formula is C18H28ClN3O3. The van der Waals surface area contributed by atoms with Crippen LogP contribution in [0.5, 0.6) is 0 Å². The van der Waals surface area contributed by atoms with Gasteiger partial charge in [-0.1, -0.05) is 33.8 Å². The number of piperidine rings is 1. The summed E-state index contributed by atoms with van der Waals surface area (Å²) < 4.78 is 0. The summed E-state index contributed by atoms with van der Waals surface area (Å²) in [5, 5.41) is 17.6. The van der Waals surface area contributed by atoms with Crippen LogP contribution in [0.3, 0.4) is 0 Å². The Balaban J connectivity index is 0.00000312. The molecule has 0 unspecified atom stereocenters. The number of halogens is 1. The van der Waals surface area contributed by atoms with E-state index in [-0.39, 0.29) is 34.8 Å². The monoisotopic (exact) mass is 369 g/mol. The Morgan fingerprint density at radius 3 is 2.44 bits per heavy atom. The smallest absolute Gasteiger partial charge is 0.273 e. The van der Waals surface area contributed by atoms with E-state index in [0.29, 0.717) is 17.7 Å². The minimum atomic E-state index is -0.411. The van der Waals surface area contributed by atoms with Crippen molar-refractivity contribution in [3.05, 3.63) is 39.4 Å². The van der Waals surface area contributed by atoms with Gasteiger partial charge in [0.05, 0.1) is 4.92 Å². The van der Waals surface area contributed by atoms with Crippen molar-refractivity contribution in [1.82, 2.24) is 10.6 Å². The van der Waals surface area contributed by atoms with Crippen molar-refractivity contribution in [3.63, 3.8) is 0 Å². The van der Waals surface area contributed by atoms with Crippen molar-refractivity contribution in [3.8, 4) is 0 Å². The summed E-state index contributed by atoms with van der Waals surface area (Å²) in [5.74, 6) is -0.252. The predicted octanol–water partition coefficient (Wildman–Crippen LogP) is 3.43. The van der Waals surface area contributed by atoms with Crippen molar-refractivity contribution in [2.45, 2.75) is 46.0 Å². The fraction of sp³-hybridized carbons (Fsp3) is 0.611. The first-order valence-corrected chi connectivity index (χ1v) is 8.40. The van der Waals surface area contributed by atoms with Crippen LogP contribution >= 0.6 is 12.4 Å². The van der Waals surface area contributed by atoms with E-state index in [4.69, 9.17) is 0 Å². The fourth-order valence-electron chi connectivity index (χ4n) is 3.06. The van der Waals surface area contributed by atoms with Crippen molar-refractivity contribution >= 4 is 24.0 Å². The standard InChI is InChI=1S/C18H27N3O3.ClH/c1-17(2,3)14-6-5-13(11-15(14)21(23)24)16(22)20-12-18(4)7-9-19-10-8-18;/h5-6,11,19H,7-10,12H2,1-4H3,(H,20,22);1H. The number of amides is 1. The molecule has 0 spiro atoms. The zero-order valence-electron chi connectivity index (χ0n) is 15.3. The summed E-state index contributed by atoms with van der Waals surface area (Å²) in [7, 11) is 0. The fourth-order valence-corrected chi connectivity index (χ4v) is 3.06. The number of nitro groups is 1. The van der Waals surface area contributed by atoms with Crippen LogP contribution in [0.1, 0.15) is 56.5 Å². The molecule has 1 aliphatic rings. The molecule has 2 N–H and O–H groups in total. The number of benzene rings is 1. The first-order valence-electron chi connectivity index (χ1n) is 8.40. The highest BCUT2D eigenvalue weighted by atomic mass is 35.5. The number of carbonyl (C=O) groups excluding carboxylic acids is 1. The highest BCUT2D eigenvalue weighted by Gasteiger charge is 2.29. The minimum Gasteiger partial charge on any atom is -0.351 e. The number of hydrogen-bond donors (Lipinski definition) is 2. The van der Waals surface area contributed by atoms with Gasteiger partial charge in [-0.05, 0) is 42.8 Å². The number of rotatable bonds is 4. The maximum absolute atomic E-state index is 12.4. The summed E-state index contributed by atoms with van der Waals surface area (Å²) in [6.45, 7) is 10.4. The molecule has 7 heteroatoms. The van der Waals surface area contributed by atoms with E-state index in [1.807, 2.05) is 20.8 Å². The van der Waals surface area contributed by atoms with E-state index in [0.717, 1.165) is 25.9 Å². The third-order valence-corrected chi connectivity index (χ3v) is 4.75. The third-order valence-electron chi connectivity index (χ3n) is 4.75. The quantitative estimate of drug-likeness (QED) is 0.629. The first kappa shape index (κ1) is 21.4. The lowest BCUT2D eigenvalue weighted by molar-refractivity contribution is -0.386. The van der Waals surface area contributed by atoms with Crippen LogP contribution in [0.25, 0.3) is 0 Å². The highest BCUT2D eigenvalue weighted by Crippen LogP contribution is 2.32. The van der Waals surface area contributed by atoms with E-state index in [1.54, 1.807) is 12.1 Å². The van der Waals surface area contributed by atoms with E-state index < -0.39 is 4.92 Å². The van der Waals surface area contributed by atoms with Gasteiger partial charge in [0.2, 0.25) is 0 Å². The van der Waals surface area contributed by atoms with Gasteiger partial charge in [0.1, 0.15) is 0 Å². The van der Waals surface area contributed by atoms with Crippen LogP contribution in [0, 0.1) is 15.5 Å². The molecular weight excluding hydrogens is 342 g/mol. The van der Waals surface area contributed by atoms with Gasteiger partial charge >= 0.3 is 0 Å². The molecule has 0 saturated carbocycles. The largest absolute Gasteiger partial charge is 0.351 e. The molecule has 1 aromatic carbocycles. The summed E-state index contributed by atoms with van der Waals surface area (Å²) in [5.41, 5.74) is 0.711. The van der Waals surface area contributed by atoms with Gasteiger partial charge in [0.15, 0.2) is 0 Å². The minimum absolute atomic E-state index is 0. The number of carbonyl (C=O) groups is 1. The van der Waals surface area contributed by atoms with Crippen molar-refractivity contribution in [1.29, 1.82) is 0 Å². The second kappa shape index (κ2) is 8.15. The average molecular weight is 370 g/mol. The molecule has 1 heterocycles. The lowest BCUT2D eigenvalue weighted by Crippen LogP contribution is -2.42. The Morgan fingerprint density at radius 1 is 1.32 bits per heavy atom. The molecule has 2 rings (SSSR count). The molecule has 6 nitrogen and oxygen atoms in total. The maximum Gasteiger partial charge on any atom is 0.273 e. The Morgan fingerprint density at radius 2 is 1.92 bits per heavy atom. The summed E-state index contributed by atoms with van der Waals surface area (Å²) in [4.78, 5) is 23.4. The van der Waals surface area contributed by atoms with Gasteiger partial charge in [-0.25, -0.2) is 0 Å². The van der Waals surface area contributed by atoms with Gasteiger partial charge in [0, 0.05) is 23.7 Å². The van der Waals surface area contributed by atoms with Gasteiger partial charge in [-0.2, -0.15) is 0 Å². The van der Waals surface area contributed by atoms with Crippen molar-refractivity contribution in [2.75, 3.05) is 19.6 Å². The SMILES string of the molecule is CC1(CNC(=O)c2ccc(C(C)(C)C)c([N+](=O)[O-])c2)CCNCC1.Cl. The first-order chi connectivity index (χ1) is 11.1. The molecule has 0 aromatic heterocycles. The van der Waals surface area contributed by atoms with Gasteiger partial charge in [0.25, 0.3) is 11.6 Å². The third kappa shape index (κ3) is 5.41. The zero-order chi connectivity index (χ0) is 18.0. The number of nitro benzene ring substituents is 1. The van der Waals surface area contributed by atoms with Crippen LogP contribution in [0.15, 0.2) is 18.2 Å². The lowest BCUT2D eigenvalue weighted by atomic mass is 9.81. The Bertz CT molecular complexity index is 635. The summed E-state index contributed by atoms with van der Waals surface area (Å²) in [6.07, 6.45) is 2.02. The molecule has 25 heavy (non-hydrogen) atoms. The molecule has 0 bridgehead atoms. The van der Waals surface area contributed by atoms with Crippen LogP contribution in [-0.2, 0) is 5.41 Å².